The van der Waals surface area contributed by atoms with Crippen LogP contribution in [0.5, 0.6) is 0 Å². The molecule has 0 fully saturated rings. The molecule has 1 N–H and O–H groups in total. The number of halogens is 3. The van der Waals surface area contributed by atoms with Gasteiger partial charge in [0.2, 0.25) is 0 Å². The van der Waals surface area contributed by atoms with Crippen LogP contribution in [0.25, 0.3) is 0 Å². The van der Waals surface area contributed by atoms with Crippen molar-refractivity contribution >= 4 is 11.3 Å². The molecule has 0 spiro atoms. The fraction of sp³-hybridized carbons (Fsp3) is 0.769. The van der Waals surface area contributed by atoms with E-state index in [0.717, 1.165) is 43.9 Å². The van der Waals surface area contributed by atoms with Crippen LogP contribution in [0.2, 0.25) is 0 Å². The second kappa shape index (κ2) is 7.95. The summed E-state index contributed by atoms with van der Waals surface area (Å²) in [4.78, 5) is 6.42. The Hall–Kier alpha value is -0.660. The fourth-order valence-corrected chi connectivity index (χ4v) is 2.91. The second-order valence-corrected chi connectivity index (χ2v) is 5.55. The van der Waals surface area contributed by atoms with Crippen LogP contribution in [-0.2, 0) is 6.18 Å². The van der Waals surface area contributed by atoms with Crippen molar-refractivity contribution in [1.29, 1.82) is 0 Å². The molecule has 0 aliphatic rings. The van der Waals surface area contributed by atoms with Crippen molar-refractivity contribution in [3.8, 4) is 0 Å². The van der Waals surface area contributed by atoms with Crippen LogP contribution in [-0.4, -0.2) is 36.1 Å². The summed E-state index contributed by atoms with van der Waals surface area (Å²) in [6.45, 7) is 9.61. The second-order valence-electron chi connectivity index (χ2n) is 4.49. The van der Waals surface area contributed by atoms with Gasteiger partial charge < -0.3 is 10.2 Å². The fourth-order valence-electron chi connectivity index (χ4n) is 2.02. The first-order valence-corrected chi connectivity index (χ1v) is 7.72. The molecule has 7 heteroatoms. The van der Waals surface area contributed by atoms with Gasteiger partial charge >= 0.3 is 6.18 Å². The molecule has 1 aromatic heterocycles. The minimum absolute atomic E-state index is 0.0609. The normalized spacial score (nSPS) is 13.9. The van der Waals surface area contributed by atoms with Gasteiger partial charge in [-0.3, -0.25) is 0 Å². The Kier molecular flexibility index (Phi) is 6.91. The van der Waals surface area contributed by atoms with Crippen LogP contribution in [0.4, 0.5) is 13.2 Å². The summed E-state index contributed by atoms with van der Waals surface area (Å²) in [6.07, 6.45) is -2.21. The first-order chi connectivity index (χ1) is 9.42. The number of alkyl halides is 3. The molecular formula is C13H22F3N3S. The van der Waals surface area contributed by atoms with Crippen molar-refractivity contribution in [2.45, 2.75) is 39.4 Å². The van der Waals surface area contributed by atoms with E-state index in [-0.39, 0.29) is 6.04 Å². The number of thiazole rings is 1. The lowest BCUT2D eigenvalue weighted by molar-refractivity contribution is -0.137. The zero-order chi connectivity index (χ0) is 15.2. The summed E-state index contributed by atoms with van der Waals surface area (Å²) < 4.78 is 37.8. The molecule has 0 radical (unpaired) electrons. The lowest BCUT2D eigenvalue weighted by atomic mass is 10.1. The molecule has 1 atom stereocenters. The minimum atomic E-state index is -4.35. The average Bonchev–Trinajstić information content (AvgIpc) is 2.88. The first-order valence-electron chi connectivity index (χ1n) is 6.90. The molecule has 3 nitrogen and oxygen atoms in total. The Morgan fingerprint density at radius 3 is 2.40 bits per heavy atom. The highest BCUT2D eigenvalue weighted by molar-refractivity contribution is 7.11. The molecule has 0 amide bonds. The average molecular weight is 309 g/mol. The van der Waals surface area contributed by atoms with Gasteiger partial charge in [0.05, 0.1) is 0 Å². The Balaban J connectivity index is 2.72. The molecule has 1 aromatic rings. The summed E-state index contributed by atoms with van der Waals surface area (Å²) in [5.74, 6) is 0. The number of hydrogen-bond acceptors (Lipinski definition) is 4. The van der Waals surface area contributed by atoms with Crippen LogP contribution in [0.1, 0.15) is 43.1 Å². The number of nitrogens with one attached hydrogen (secondary N) is 1. The maximum atomic E-state index is 12.6. The first kappa shape index (κ1) is 17.4. The molecule has 0 saturated carbocycles. The van der Waals surface area contributed by atoms with Gasteiger partial charge in [-0.1, -0.05) is 20.8 Å². The molecule has 0 aliphatic carbocycles. The summed E-state index contributed by atoms with van der Waals surface area (Å²) in [6, 6.07) is -0.0609. The Bertz CT molecular complexity index is 388. The lowest BCUT2D eigenvalue weighted by Gasteiger charge is -2.22. The van der Waals surface area contributed by atoms with Crippen LogP contribution in [0, 0.1) is 0 Å². The van der Waals surface area contributed by atoms with E-state index in [1.165, 1.54) is 6.20 Å². The summed E-state index contributed by atoms with van der Waals surface area (Å²) >= 11 is 0.738. The van der Waals surface area contributed by atoms with E-state index in [1.54, 1.807) is 0 Å². The highest BCUT2D eigenvalue weighted by Gasteiger charge is 2.35. The zero-order valence-corrected chi connectivity index (χ0v) is 12.9. The molecule has 1 heterocycles. The van der Waals surface area contributed by atoms with Crippen LogP contribution >= 0.6 is 11.3 Å². The molecule has 0 saturated heterocycles. The summed E-state index contributed by atoms with van der Waals surface area (Å²) in [7, 11) is 0. The lowest BCUT2D eigenvalue weighted by Crippen LogP contribution is -2.29. The molecule has 1 rings (SSSR count). The van der Waals surface area contributed by atoms with Crippen molar-refractivity contribution in [3.05, 3.63) is 16.1 Å². The van der Waals surface area contributed by atoms with E-state index in [2.05, 4.69) is 29.0 Å². The monoisotopic (exact) mass is 309 g/mol. The quantitative estimate of drug-likeness (QED) is 0.796. The largest absolute Gasteiger partial charge is 0.443 e. The van der Waals surface area contributed by atoms with Gasteiger partial charge in [-0.15, -0.1) is 11.3 Å². The van der Waals surface area contributed by atoms with E-state index in [9.17, 15) is 13.2 Å². The topological polar surface area (TPSA) is 28.2 Å². The van der Waals surface area contributed by atoms with Gasteiger partial charge in [0, 0.05) is 17.1 Å². The van der Waals surface area contributed by atoms with Crippen LogP contribution < -0.4 is 5.32 Å². The van der Waals surface area contributed by atoms with Gasteiger partial charge in [0.15, 0.2) is 5.01 Å². The predicted octanol–water partition coefficient (Wildman–Crippen LogP) is 3.54. The van der Waals surface area contributed by atoms with Crippen LogP contribution in [0.15, 0.2) is 6.20 Å². The van der Waals surface area contributed by atoms with Gasteiger partial charge in [0.25, 0.3) is 0 Å². The molecule has 116 valence electrons. The van der Waals surface area contributed by atoms with Crippen molar-refractivity contribution < 1.29 is 13.2 Å². The van der Waals surface area contributed by atoms with E-state index in [0.29, 0.717) is 4.88 Å². The van der Waals surface area contributed by atoms with Crippen molar-refractivity contribution in [1.82, 2.24) is 15.2 Å². The highest BCUT2D eigenvalue weighted by atomic mass is 32.1. The third-order valence-electron chi connectivity index (χ3n) is 3.19. The maximum absolute atomic E-state index is 12.6. The predicted molar refractivity (Wildman–Crippen MR) is 75.9 cm³/mol. The van der Waals surface area contributed by atoms with Crippen LogP contribution in [0.3, 0.4) is 0 Å². The van der Waals surface area contributed by atoms with Crippen molar-refractivity contribution in [3.63, 3.8) is 0 Å². The Morgan fingerprint density at radius 2 is 1.95 bits per heavy atom. The molecule has 20 heavy (non-hydrogen) atoms. The number of nitrogens with zero attached hydrogens (tertiary/aromatic N) is 2. The molecule has 0 aromatic carbocycles. The molecule has 0 aliphatic heterocycles. The molecule has 0 bridgehead atoms. The number of rotatable bonds is 8. The van der Waals surface area contributed by atoms with E-state index >= 15 is 0 Å². The van der Waals surface area contributed by atoms with Gasteiger partial charge in [0.1, 0.15) is 0 Å². The maximum Gasteiger partial charge on any atom is 0.443 e. The van der Waals surface area contributed by atoms with Crippen molar-refractivity contribution in [2.75, 3.05) is 26.2 Å². The standard InChI is InChI=1S/C13H22F3N3S/c1-4-17-10(7-8-19(5-2)6-3)11-9-18-12(20-11)13(14,15)16/h9-10,17H,4-8H2,1-3H3. The van der Waals surface area contributed by atoms with Gasteiger partial charge in [-0.2, -0.15) is 13.2 Å². The number of hydrogen-bond donors (Lipinski definition) is 1. The summed E-state index contributed by atoms with van der Waals surface area (Å²) in [5.41, 5.74) is 0. The molecule has 1 unspecified atom stereocenters. The van der Waals surface area contributed by atoms with E-state index in [1.807, 2.05) is 6.92 Å². The third kappa shape index (κ3) is 5.03. The zero-order valence-electron chi connectivity index (χ0n) is 12.1. The minimum Gasteiger partial charge on any atom is -0.309 e. The van der Waals surface area contributed by atoms with Gasteiger partial charge in [-0.05, 0) is 32.6 Å². The number of aromatic nitrogens is 1. The van der Waals surface area contributed by atoms with Gasteiger partial charge in [-0.25, -0.2) is 4.98 Å². The SMILES string of the molecule is CCNC(CCN(CC)CC)c1cnc(C(F)(F)F)s1. The third-order valence-corrected chi connectivity index (χ3v) is 4.34. The Morgan fingerprint density at radius 1 is 1.30 bits per heavy atom. The smallest absolute Gasteiger partial charge is 0.309 e. The van der Waals surface area contributed by atoms with E-state index in [4.69, 9.17) is 0 Å². The Labute approximate surface area is 122 Å². The highest BCUT2D eigenvalue weighted by Crippen LogP contribution is 2.35. The van der Waals surface area contributed by atoms with Crippen molar-refractivity contribution in [2.24, 2.45) is 0 Å². The molecular weight excluding hydrogens is 287 g/mol. The van der Waals surface area contributed by atoms with E-state index < -0.39 is 11.2 Å². The summed E-state index contributed by atoms with van der Waals surface area (Å²) in [5, 5.41) is 2.48.